The minimum atomic E-state index is 0.628. The Bertz CT molecular complexity index is 109. The minimum Gasteiger partial charge on any atom is -0.396 e. The summed E-state index contributed by atoms with van der Waals surface area (Å²) in [6, 6.07) is 0. The first kappa shape index (κ1) is 5.60. The van der Waals surface area contributed by atoms with E-state index in [0.29, 0.717) is 5.92 Å². The molecule has 0 saturated heterocycles. The fourth-order valence-electron chi connectivity index (χ4n) is 0.676. The highest BCUT2D eigenvalue weighted by Gasteiger charge is 2.09. The van der Waals surface area contributed by atoms with Crippen LogP contribution in [0.1, 0.15) is 20.3 Å². The molecule has 0 spiro atoms. The molecule has 0 amide bonds. The third-order valence-electron chi connectivity index (χ3n) is 1.56. The van der Waals surface area contributed by atoms with E-state index in [2.05, 4.69) is 12.1 Å². The molecular weight excluding hydrogens is 102 g/mol. The summed E-state index contributed by atoms with van der Waals surface area (Å²) < 4.78 is 0. The van der Waals surface area contributed by atoms with Gasteiger partial charge in [0, 0.05) is 5.92 Å². The largest absolute Gasteiger partial charge is 0.396 e. The zero-order valence-corrected chi connectivity index (χ0v) is 5.35. The zero-order valence-electron chi connectivity index (χ0n) is 5.35. The van der Waals surface area contributed by atoms with Crippen molar-refractivity contribution in [2.24, 2.45) is 11.1 Å². The van der Waals surface area contributed by atoms with Crippen molar-refractivity contribution in [1.29, 1.82) is 0 Å². The van der Waals surface area contributed by atoms with Crippen LogP contribution in [0.15, 0.2) is 5.16 Å². The van der Waals surface area contributed by atoms with Crippen LogP contribution in [0, 0.1) is 5.92 Å². The van der Waals surface area contributed by atoms with Crippen LogP contribution in [0.5, 0.6) is 0 Å². The molecule has 0 aromatic heterocycles. The summed E-state index contributed by atoms with van der Waals surface area (Å²) >= 11 is 0. The van der Waals surface area contributed by atoms with Crippen molar-refractivity contribution in [3.8, 4) is 0 Å². The van der Waals surface area contributed by atoms with E-state index in [9.17, 15) is 0 Å². The Balaban J connectivity index is 2.53. The van der Waals surface area contributed by atoms with Crippen LogP contribution < -0.4 is 0 Å². The quantitative estimate of drug-likeness (QED) is 0.465. The fraction of sp³-hybridized carbons (Fsp3) is 0.833. The molecule has 46 valence electrons. The van der Waals surface area contributed by atoms with Gasteiger partial charge >= 0.3 is 0 Å². The topological polar surface area (TPSA) is 21.6 Å². The lowest BCUT2D eigenvalue weighted by Gasteiger charge is -2.14. The third kappa shape index (κ3) is 0.997. The van der Waals surface area contributed by atoms with Crippen molar-refractivity contribution < 1.29 is 4.84 Å². The maximum absolute atomic E-state index is 4.84. The van der Waals surface area contributed by atoms with Gasteiger partial charge in [-0.1, -0.05) is 12.1 Å². The van der Waals surface area contributed by atoms with E-state index in [1.807, 2.05) is 6.92 Å². The molecule has 1 atom stereocenters. The second-order valence-corrected chi connectivity index (χ2v) is 2.26. The van der Waals surface area contributed by atoms with Gasteiger partial charge in [-0.15, -0.1) is 0 Å². The standard InChI is InChI=1S/C6H11NO/c1-5-3-4-8-7-6(5)2/h5H,3-4H2,1-2H3. The third-order valence-corrected chi connectivity index (χ3v) is 1.56. The van der Waals surface area contributed by atoms with Gasteiger partial charge in [0.05, 0.1) is 5.71 Å². The average Bonchev–Trinajstić information content (AvgIpc) is 1.77. The second kappa shape index (κ2) is 2.16. The first-order valence-corrected chi connectivity index (χ1v) is 2.97. The number of hydrogen-bond acceptors (Lipinski definition) is 2. The molecule has 1 rings (SSSR count). The van der Waals surface area contributed by atoms with Gasteiger partial charge in [0.25, 0.3) is 0 Å². The predicted molar refractivity (Wildman–Crippen MR) is 32.8 cm³/mol. The van der Waals surface area contributed by atoms with E-state index in [-0.39, 0.29) is 0 Å². The normalized spacial score (nSPS) is 28.8. The number of rotatable bonds is 0. The smallest absolute Gasteiger partial charge is 0.117 e. The molecule has 0 bridgehead atoms. The molecule has 0 aromatic rings. The van der Waals surface area contributed by atoms with Gasteiger partial charge in [-0.05, 0) is 13.3 Å². The van der Waals surface area contributed by atoms with E-state index in [0.717, 1.165) is 18.7 Å². The number of nitrogens with zero attached hydrogens (tertiary/aromatic N) is 1. The lowest BCUT2D eigenvalue weighted by atomic mass is 10.0. The Morgan fingerprint density at radius 2 is 2.50 bits per heavy atom. The monoisotopic (exact) mass is 113 g/mol. The van der Waals surface area contributed by atoms with Gasteiger partial charge in [0.2, 0.25) is 0 Å². The molecule has 0 saturated carbocycles. The molecule has 1 unspecified atom stereocenters. The fourth-order valence-corrected chi connectivity index (χ4v) is 0.676. The molecule has 0 radical (unpaired) electrons. The Morgan fingerprint density at radius 3 is 2.88 bits per heavy atom. The van der Waals surface area contributed by atoms with Gasteiger partial charge < -0.3 is 4.84 Å². The Labute approximate surface area is 49.5 Å². The summed E-state index contributed by atoms with van der Waals surface area (Å²) in [7, 11) is 0. The van der Waals surface area contributed by atoms with Crippen LogP contribution in [0.4, 0.5) is 0 Å². The second-order valence-electron chi connectivity index (χ2n) is 2.26. The Morgan fingerprint density at radius 1 is 1.75 bits per heavy atom. The molecule has 0 N–H and O–H groups in total. The van der Waals surface area contributed by atoms with Crippen molar-refractivity contribution >= 4 is 5.71 Å². The molecule has 0 aromatic carbocycles. The van der Waals surface area contributed by atoms with Crippen LogP contribution in [0.25, 0.3) is 0 Å². The van der Waals surface area contributed by atoms with Crippen LogP contribution in [0.3, 0.4) is 0 Å². The van der Waals surface area contributed by atoms with Crippen LogP contribution in [-0.4, -0.2) is 12.3 Å². The molecule has 2 heteroatoms. The van der Waals surface area contributed by atoms with Crippen molar-refractivity contribution in [3.63, 3.8) is 0 Å². The highest BCUT2D eigenvalue weighted by molar-refractivity contribution is 5.83. The van der Waals surface area contributed by atoms with Crippen LogP contribution >= 0.6 is 0 Å². The molecule has 2 nitrogen and oxygen atoms in total. The van der Waals surface area contributed by atoms with Crippen molar-refractivity contribution in [2.75, 3.05) is 6.61 Å². The summed E-state index contributed by atoms with van der Waals surface area (Å²) in [4.78, 5) is 4.84. The van der Waals surface area contributed by atoms with E-state index >= 15 is 0 Å². The van der Waals surface area contributed by atoms with Gasteiger partial charge in [0.15, 0.2) is 0 Å². The number of hydrogen-bond donors (Lipinski definition) is 0. The van der Waals surface area contributed by atoms with Crippen LogP contribution in [0.2, 0.25) is 0 Å². The summed E-state index contributed by atoms with van der Waals surface area (Å²) in [5.74, 6) is 0.628. The van der Waals surface area contributed by atoms with Gasteiger partial charge in [-0.2, -0.15) is 0 Å². The average molecular weight is 113 g/mol. The van der Waals surface area contributed by atoms with Crippen molar-refractivity contribution in [1.82, 2.24) is 0 Å². The number of oxime groups is 1. The molecule has 8 heavy (non-hydrogen) atoms. The van der Waals surface area contributed by atoms with Gasteiger partial charge in [-0.25, -0.2) is 0 Å². The van der Waals surface area contributed by atoms with E-state index < -0.39 is 0 Å². The maximum atomic E-state index is 4.84. The Kier molecular flexibility index (Phi) is 1.51. The summed E-state index contributed by atoms with van der Waals surface area (Å²) in [6.45, 7) is 4.96. The highest BCUT2D eigenvalue weighted by atomic mass is 16.6. The summed E-state index contributed by atoms with van der Waals surface area (Å²) in [5.41, 5.74) is 1.12. The molecule has 1 heterocycles. The van der Waals surface area contributed by atoms with Crippen LogP contribution in [-0.2, 0) is 4.84 Å². The molecular formula is C6H11NO. The summed E-state index contributed by atoms with van der Waals surface area (Å²) in [5, 5.41) is 3.83. The molecule has 0 fully saturated rings. The Hall–Kier alpha value is -0.530. The molecule has 1 aliphatic heterocycles. The lowest BCUT2D eigenvalue weighted by Crippen LogP contribution is -2.14. The van der Waals surface area contributed by atoms with Crippen molar-refractivity contribution in [2.45, 2.75) is 20.3 Å². The predicted octanol–water partition coefficient (Wildman–Crippen LogP) is 1.42. The van der Waals surface area contributed by atoms with E-state index in [4.69, 9.17) is 4.84 Å². The zero-order chi connectivity index (χ0) is 5.98. The SMILES string of the molecule is CC1=NOCCC1C. The molecule has 0 aliphatic carbocycles. The summed E-state index contributed by atoms with van der Waals surface area (Å²) in [6.07, 6.45) is 1.12. The van der Waals surface area contributed by atoms with Gasteiger partial charge in [0.1, 0.15) is 6.61 Å². The minimum absolute atomic E-state index is 0.628. The molecule has 1 aliphatic rings. The first-order chi connectivity index (χ1) is 3.80. The first-order valence-electron chi connectivity index (χ1n) is 2.97. The van der Waals surface area contributed by atoms with Gasteiger partial charge in [-0.3, -0.25) is 0 Å². The highest BCUT2D eigenvalue weighted by Crippen LogP contribution is 2.09. The van der Waals surface area contributed by atoms with E-state index in [1.54, 1.807) is 0 Å². The van der Waals surface area contributed by atoms with E-state index in [1.165, 1.54) is 0 Å². The van der Waals surface area contributed by atoms with Crippen molar-refractivity contribution in [3.05, 3.63) is 0 Å². The maximum Gasteiger partial charge on any atom is 0.117 e. The lowest BCUT2D eigenvalue weighted by molar-refractivity contribution is 0.120.